The van der Waals surface area contributed by atoms with Crippen molar-refractivity contribution in [3.05, 3.63) is 57.6 Å². The van der Waals surface area contributed by atoms with Crippen LogP contribution in [0.1, 0.15) is 54.1 Å². The van der Waals surface area contributed by atoms with Gasteiger partial charge >= 0.3 is 5.97 Å². The van der Waals surface area contributed by atoms with Gasteiger partial charge in [0.15, 0.2) is 0 Å². The van der Waals surface area contributed by atoms with Crippen LogP contribution < -0.4 is 9.47 Å². The molecule has 0 spiro atoms. The second-order valence-corrected chi connectivity index (χ2v) is 7.02. The number of esters is 1. The van der Waals surface area contributed by atoms with E-state index in [1.165, 1.54) is 19.3 Å². The van der Waals surface area contributed by atoms with E-state index >= 15 is 0 Å². The van der Waals surface area contributed by atoms with Crippen LogP contribution in [-0.2, 0) is 0 Å². The van der Waals surface area contributed by atoms with Crippen molar-refractivity contribution in [2.24, 2.45) is 0 Å². The van der Waals surface area contributed by atoms with Crippen molar-refractivity contribution in [1.82, 2.24) is 0 Å². The summed E-state index contributed by atoms with van der Waals surface area (Å²) in [7, 11) is 0. The first kappa shape index (κ1) is 19.5. The van der Waals surface area contributed by atoms with Crippen LogP contribution >= 0.6 is 15.9 Å². The number of rotatable bonds is 8. The molecule has 0 aromatic heterocycles. The molecule has 0 radical (unpaired) electrons. The van der Waals surface area contributed by atoms with Crippen LogP contribution in [0.15, 0.2) is 40.9 Å². The van der Waals surface area contributed by atoms with Crippen molar-refractivity contribution in [3.63, 3.8) is 0 Å². The molecule has 0 aliphatic heterocycles. The van der Waals surface area contributed by atoms with Gasteiger partial charge in [-0.2, -0.15) is 0 Å². The number of hydrogen-bond donors (Lipinski definition) is 0. The van der Waals surface area contributed by atoms with Crippen molar-refractivity contribution >= 4 is 21.9 Å². The summed E-state index contributed by atoms with van der Waals surface area (Å²) in [4.78, 5) is 12.4. The second kappa shape index (κ2) is 9.62. The Morgan fingerprint density at radius 1 is 1.04 bits per heavy atom. The SMILES string of the molecule is CCCCCCOc1ccc(C(=O)Oc2c(C)cccc2C)cc1Br. The fraction of sp³-hybridized carbons (Fsp3) is 0.381. The first-order valence-corrected chi connectivity index (χ1v) is 9.53. The normalized spacial score (nSPS) is 10.6. The molecule has 0 saturated heterocycles. The first-order valence-electron chi connectivity index (χ1n) is 8.73. The summed E-state index contributed by atoms with van der Waals surface area (Å²) in [5.41, 5.74) is 2.38. The van der Waals surface area contributed by atoms with E-state index in [1.807, 2.05) is 38.1 Å². The third-order valence-electron chi connectivity index (χ3n) is 4.03. The molecular weight excluding hydrogens is 380 g/mol. The van der Waals surface area contributed by atoms with Gasteiger partial charge in [-0.1, -0.05) is 44.4 Å². The zero-order valence-corrected chi connectivity index (χ0v) is 16.7. The number of hydrogen-bond acceptors (Lipinski definition) is 3. The highest BCUT2D eigenvalue weighted by molar-refractivity contribution is 9.10. The zero-order valence-electron chi connectivity index (χ0n) is 15.1. The van der Waals surface area contributed by atoms with Gasteiger partial charge in [0.1, 0.15) is 11.5 Å². The highest BCUT2D eigenvalue weighted by Gasteiger charge is 2.14. The van der Waals surface area contributed by atoms with Gasteiger partial charge in [0.05, 0.1) is 16.6 Å². The molecule has 0 fully saturated rings. The predicted molar refractivity (Wildman–Crippen MR) is 105 cm³/mol. The minimum absolute atomic E-state index is 0.368. The van der Waals surface area contributed by atoms with Crippen LogP contribution in [0.2, 0.25) is 0 Å². The standard InChI is InChI=1S/C21H25BrO3/c1-4-5-6-7-13-24-19-12-11-17(14-18(19)22)21(23)25-20-15(2)9-8-10-16(20)3/h8-12,14H,4-7,13H2,1-3H3. The summed E-state index contributed by atoms with van der Waals surface area (Å²) < 4.78 is 12.1. The Morgan fingerprint density at radius 2 is 1.76 bits per heavy atom. The number of benzene rings is 2. The van der Waals surface area contributed by atoms with Gasteiger partial charge < -0.3 is 9.47 Å². The molecule has 0 aliphatic rings. The Morgan fingerprint density at radius 3 is 2.40 bits per heavy atom. The Balaban J connectivity index is 2.00. The Labute approximate surface area is 158 Å². The molecule has 3 nitrogen and oxygen atoms in total. The van der Waals surface area contributed by atoms with E-state index in [1.54, 1.807) is 12.1 Å². The predicted octanol–water partition coefficient (Wildman–Crippen LogP) is 6.24. The molecule has 0 bridgehead atoms. The van der Waals surface area contributed by atoms with Crippen LogP contribution in [-0.4, -0.2) is 12.6 Å². The van der Waals surface area contributed by atoms with Gasteiger partial charge in [0, 0.05) is 0 Å². The smallest absolute Gasteiger partial charge is 0.343 e. The number of ether oxygens (including phenoxy) is 2. The Hall–Kier alpha value is -1.81. The molecule has 0 aliphatic carbocycles. The Bertz CT molecular complexity index is 705. The maximum Gasteiger partial charge on any atom is 0.343 e. The number of unbranched alkanes of at least 4 members (excludes halogenated alkanes) is 3. The number of aryl methyl sites for hydroxylation is 2. The van der Waals surface area contributed by atoms with Gasteiger partial charge in [-0.25, -0.2) is 4.79 Å². The molecule has 4 heteroatoms. The summed E-state index contributed by atoms with van der Waals surface area (Å²) in [5, 5.41) is 0. The Kier molecular flexibility index (Phi) is 7.51. The number of para-hydroxylation sites is 1. The molecule has 0 saturated carbocycles. The average Bonchev–Trinajstić information content (AvgIpc) is 2.59. The van der Waals surface area contributed by atoms with Gasteiger partial charge in [0.2, 0.25) is 0 Å². The van der Waals surface area contributed by atoms with E-state index in [-0.39, 0.29) is 5.97 Å². The number of carbonyl (C=O) groups is 1. The monoisotopic (exact) mass is 404 g/mol. The molecular formula is C21H25BrO3. The van der Waals surface area contributed by atoms with Gasteiger partial charge in [0.25, 0.3) is 0 Å². The number of halogens is 1. The third-order valence-corrected chi connectivity index (χ3v) is 4.65. The van der Waals surface area contributed by atoms with E-state index in [9.17, 15) is 4.79 Å². The van der Waals surface area contributed by atoms with Crippen LogP contribution in [0.3, 0.4) is 0 Å². The molecule has 0 unspecified atom stereocenters. The van der Waals surface area contributed by atoms with Gasteiger partial charge in [-0.15, -0.1) is 0 Å². The summed E-state index contributed by atoms with van der Waals surface area (Å²) in [6, 6.07) is 11.1. The molecule has 0 amide bonds. The summed E-state index contributed by atoms with van der Waals surface area (Å²) in [6.45, 7) is 6.74. The molecule has 2 aromatic rings. The van der Waals surface area contributed by atoms with Crippen LogP contribution in [0.25, 0.3) is 0 Å². The van der Waals surface area contributed by atoms with Crippen molar-refractivity contribution in [2.75, 3.05) is 6.61 Å². The molecule has 0 heterocycles. The van der Waals surface area contributed by atoms with Crippen LogP contribution in [0.4, 0.5) is 0 Å². The van der Waals surface area contributed by atoms with E-state index in [4.69, 9.17) is 9.47 Å². The van der Waals surface area contributed by atoms with E-state index in [0.717, 1.165) is 27.8 Å². The maximum atomic E-state index is 12.4. The second-order valence-electron chi connectivity index (χ2n) is 6.16. The first-order chi connectivity index (χ1) is 12.0. The fourth-order valence-corrected chi connectivity index (χ4v) is 3.06. The average molecular weight is 405 g/mol. The lowest BCUT2D eigenvalue weighted by molar-refractivity contribution is 0.0732. The zero-order chi connectivity index (χ0) is 18.2. The summed E-state index contributed by atoms with van der Waals surface area (Å²) in [6.07, 6.45) is 4.65. The van der Waals surface area contributed by atoms with Crippen molar-refractivity contribution in [1.29, 1.82) is 0 Å². The lowest BCUT2D eigenvalue weighted by atomic mass is 10.1. The largest absolute Gasteiger partial charge is 0.492 e. The summed E-state index contributed by atoms with van der Waals surface area (Å²) in [5.74, 6) is 1.01. The summed E-state index contributed by atoms with van der Waals surface area (Å²) >= 11 is 3.48. The minimum atomic E-state index is -0.368. The highest BCUT2D eigenvalue weighted by Crippen LogP contribution is 2.28. The van der Waals surface area contributed by atoms with Crippen LogP contribution in [0, 0.1) is 13.8 Å². The number of carbonyl (C=O) groups excluding carboxylic acids is 1. The highest BCUT2D eigenvalue weighted by atomic mass is 79.9. The molecule has 2 aromatic carbocycles. The minimum Gasteiger partial charge on any atom is -0.492 e. The lowest BCUT2D eigenvalue weighted by Gasteiger charge is -2.12. The molecule has 2 rings (SSSR count). The quantitative estimate of drug-likeness (QED) is 0.296. The van der Waals surface area contributed by atoms with Crippen molar-refractivity contribution in [3.8, 4) is 11.5 Å². The third kappa shape index (κ3) is 5.60. The maximum absolute atomic E-state index is 12.4. The molecule has 25 heavy (non-hydrogen) atoms. The van der Waals surface area contributed by atoms with Crippen molar-refractivity contribution in [2.45, 2.75) is 46.5 Å². The molecule has 0 atom stereocenters. The fourth-order valence-electron chi connectivity index (χ4n) is 2.57. The van der Waals surface area contributed by atoms with E-state index in [2.05, 4.69) is 22.9 Å². The lowest BCUT2D eigenvalue weighted by Crippen LogP contribution is -2.10. The molecule has 134 valence electrons. The van der Waals surface area contributed by atoms with E-state index in [0.29, 0.717) is 17.9 Å². The van der Waals surface area contributed by atoms with E-state index < -0.39 is 0 Å². The topological polar surface area (TPSA) is 35.5 Å². The van der Waals surface area contributed by atoms with Crippen LogP contribution in [0.5, 0.6) is 11.5 Å². The molecule has 0 N–H and O–H groups in total. The van der Waals surface area contributed by atoms with Gasteiger partial charge in [-0.05, 0) is 65.5 Å². The van der Waals surface area contributed by atoms with Gasteiger partial charge in [-0.3, -0.25) is 0 Å². The van der Waals surface area contributed by atoms with Crippen molar-refractivity contribution < 1.29 is 14.3 Å².